The van der Waals surface area contributed by atoms with Crippen LogP contribution in [0.3, 0.4) is 0 Å². The van der Waals surface area contributed by atoms with E-state index in [1.807, 2.05) is 6.92 Å². The molecule has 0 atom stereocenters. The summed E-state index contributed by atoms with van der Waals surface area (Å²) in [5.74, 6) is 0.839. The number of nitrogens with two attached hydrogens (primary N) is 1. The molecule has 7 nitrogen and oxygen atoms in total. The van der Waals surface area contributed by atoms with Crippen molar-refractivity contribution in [2.75, 3.05) is 30.8 Å². The van der Waals surface area contributed by atoms with E-state index in [2.05, 4.69) is 6.07 Å². The summed E-state index contributed by atoms with van der Waals surface area (Å²) in [6.45, 7) is 2.11. The van der Waals surface area contributed by atoms with Gasteiger partial charge >= 0.3 is 0 Å². The van der Waals surface area contributed by atoms with Gasteiger partial charge in [-0.3, -0.25) is 4.31 Å². The molecule has 0 spiro atoms. The highest BCUT2D eigenvalue weighted by Gasteiger charge is 2.34. The van der Waals surface area contributed by atoms with Crippen LogP contribution in [0, 0.1) is 18.3 Å². The van der Waals surface area contributed by atoms with Crippen molar-refractivity contribution in [3.05, 3.63) is 52.4 Å². The summed E-state index contributed by atoms with van der Waals surface area (Å²) in [5, 5.41) is 10.1. The van der Waals surface area contributed by atoms with Crippen LogP contribution in [0.5, 0.6) is 11.5 Å². The number of nitriles is 1. The molecular weight excluding hydrogens is 434 g/mol. The van der Waals surface area contributed by atoms with Crippen molar-refractivity contribution in [3.63, 3.8) is 0 Å². The topological polar surface area (TPSA) is 106 Å². The number of nitrogen functional groups attached to an aromatic ring is 1. The minimum absolute atomic E-state index is 0.198. The molecule has 0 saturated heterocycles. The maximum Gasteiger partial charge on any atom is 0.264 e. The Morgan fingerprint density at radius 1 is 1.13 bits per heavy atom. The van der Waals surface area contributed by atoms with E-state index in [0.717, 1.165) is 10.4 Å². The van der Waals surface area contributed by atoms with Crippen LogP contribution in [0.1, 0.15) is 16.0 Å². The Bertz CT molecular complexity index is 1310. The number of nitrogens with zero attached hydrogens (tertiary/aromatic N) is 2. The van der Waals surface area contributed by atoms with Crippen LogP contribution in [0.4, 0.5) is 10.7 Å². The summed E-state index contributed by atoms with van der Waals surface area (Å²) in [4.78, 5) is 1.06. The predicted molar refractivity (Wildman–Crippen MR) is 121 cm³/mol. The number of rotatable bonds is 4. The van der Waals surface area contributed by atoms with Crippen molar-refractivity contribution in [1.82, 2.24) is 0 Å². The molecule has 0 saturated carbocycles. The van der Waals surface area contributed by atoms with E-state index < -0.39 is 10.0 Å². The van der Waals surface area contributed by atoms with Gasteiger partial charge < -0.3 is 15.2 Å². The Balaban J connectivity index is 2.01. The van der Waals surface area contributed by atoms with E-state index in [1.165, 1.54) is 29.9 Å². The zero-order valence-corrected chi connectivity index (χ0v) is 18.9. The van der Waals surface area contributed by atoms with Crippen molar-refractivity contribution in [2.24, 2.45) is 0 Å². The molecule has 160 valence electrons. The fourth-order valence-electron chi connectivity index (χ4n) is 3.75. The Kier molecular flexibility index (Phi) is 5.29. The Morgan fingerprint density at radius 2 is 1.77 bits per heavy atom. The first-order valence-electron chi connectivity index (χ1n) is 9.48. The molecule has 0 radical (unpaired) electrons. The molecule has 3 aromatic rings. The maximum absolute atomic E-state index is 13.6. The third-order valence-corrected chi connectivity index (χ3v) is 8.22. The van der Waals surface area contributed by atoms with Gasteiger partial charge in [0.1, 0.15) is 11.1 Å². The minimum Gasteiger partial charge on any atom is -0.493 e. The lowest BCUT2D eigenvalue weighted by atomic mass is 9.99. The summed E-state index contributed by atoms with van der Waals surface area (Å²) >= 11 is 1.31. The minimum atomic E-state index is -3.86. The summed E-state index contributed by atoms with van der Waals surface area (Å²) in [7, 11) is -0.854. The lowest BCUT2D eigenvalue weighted by Crippen LogP contribution is -2.32. The van der Waals surface area contributed by atoms with Gasteiger partial charge in [-0.25, -0.2) is 8.42 Å². The van der Waals surface area contributed by atoms with Crippen LogP contribution in [-0.4, -0.2) is 29.2 Å². The second-order valence-corrected chi connectivity index (χ2v) is 10.1. The highest BCUT2D eigenvalue weighted by atomic mass is 32.2. The molecule has 0 fully saturated rings. The standard InChI is InChI=1S/C22H21N3O4S2/c1-13-4-6-14(7-5-13)31(26,27)25-9-8-20-21(16(12-23)22(24)30-20)15-10-18(28-2)19(29-3)11-17(15)25/h4-7,10-11H,8-9,24H2,1-3H3. The van der Waals surface area contributed by atoms with Gasteiger partial charge in [0.05, 0.1) is 30.4 Å². The van der Waals surface area contributed by atoms with Gasteiger partial charge in [0.2, 0.25) is 0 Å². The lowest BCUT2D eigenvalue weighted by molar-refractivity contribution is 0.355. The van der Waals surface area contributed by atoms with Crippen molar-refractivity contribution < 1.29 is 17.9 Å². The van der Waals surface area contributed by atoms with Crippen LogP contribution in [0.2, 0.25) is 0 Å². The fourth-order valence-corrected chi connectivity index (χ4v) is 6.25. The van der Waals surface area contributed by atoms with E-state index in [0.29, 0.717) is 45.3 Å². The Hall–Kier alpha value is -3.22. The number of ether oxygens (including phenoxy) is 2. The Morgan fingerprint density at radius 3 is 2.39 bits per heavy atom. The average molecular weight is 456 g/mol. The van der Waals surface area contributed by atoms with Gasteiger partial charge in [0, 0.05) is 35.0 Å². The number of benzene rings is 2. The molecule has 0 unspecified atom stereocenters. The van der Waals surface area contributed by atoms with Gasteiger partial charge in [0.15, 0.2) is 11.5 Å². The highest BCUT2D eigenvalue weighted by molar-refractivity contribution is 7.92. The molecule has 1 aliphatic heterocycles. The van der Waals surface area contributed by atoms with Gasteiger partial charge in [-0.1, -0.05) is 17.7 Å². The fraction of sp³-hybridized carbons (Fsp3) is 0.227. The zero-order chi connectivity index (χ0) is 22.3. The second-order valence-electron chi connectivity index (χ2n) is 7.12. The van der Waals surface area contributed by atoms with E-state index in [-0.39, 0.29) is 11.4 Å². The van der Waals surface area contributed by atoms with E-state index in [9.17, 15) is 13.7 Å². The number of hydrogen-bond acceptors (Lipinski definition) is 7. The van der Waals surface area contributed by atoms with Crippen LogP contribution in [0.25, 0.3) is 11.1 Å². The summed E-state index contributed by atoms with van der Waals surface area (Å²) in [6, 6.07) is 12.3. The number of sulfonamides is 1. The first-order chi connectivity index (χ1) is 14.8. The van der Waals surface area contributed by atoms with Crippen LogP contribution in [-0.2, 0) is 16.4 Å². The molecule has 2 heterocycles. The first kappa shape index (κ1) is 21.0. The molecule has 2 N–H and O–H groups in total. The molecule has 2 aromatic carbocycles. The quantitative estimate of drug-likeness (QED) is 0.639. The van der Waals surface area contributed by atoms with Gasteiger partial charge in [-0.15, -0.1) is 11.3 Å². The molecule has 0 aliphatic carbocycles. The van der Waals surface area contributed by atoms with Gasteiger partial charge in [-0.2, -0.15) is 5.26 Å². The average Bonchev–Trinajstić information content (AvgIpc) is 2.99. The molecule has 1 aromatic heterocycles. The smallest absolute Gasteiger partial charge is 0.264 e. The maximum atomic E-state index is 13.6. The number of fused-ring (bicyclic) bond motifs is 3. The van der Waals surface area contributed by atoms with E-state index >= 15 is 0 Å². The number of anilines is 2. The van der Waals surface area contributed by atoms with Crippen LogP contribution in [0.15, 0.2) is 41.3 Å². The number of thiophene rings is 1. The number of hydrogen-bond donors (Lipinski definition) is 1. The van der Waals surface area contributed by atoms with E-state index in [1.54, 1.807) is 36.4 Å². The lowest BCUT2D eigenvalue weighted by Gasteiger charge is -2.26. The molecule has 0 amide bonds. The predicted octanol–water partition coefficient (Wildman–Crippen LogP) is 3.95. The van der Waals surface area contributed by atoms with E-state index in [4.69, 9.17) is 15.2 Å². The van der Waals surface area contributed by atoms with Crippen molar-refractivity contribution in [3.8, 4) is 28.7 Å². The third-order valence-electron chi connectivity index (χ3n) is 5.31. The third kappa shape index (κ3) is 3.38. The number of aryl methyl sites for hydroxylation is 1. The SMILES string of the molecule is COc1cc2c(cc1OC)N(S(=O)(=O)c1ccc(C)cc1)CCc1sc(N)c(C#N)c1-2. The monoisotopic (exact) mass is 455 g/mol. The molecular formula is C22H21N3O4S2. The summed E-state index contributed by atoms with van der Waals surface area (Å²) in [6.07, 6.45) is 0.427. The largest absolute Gasteiger partial charge is 0.493 e. The van der Waals surface area contributed by atoms with Gasteiger partial charge in [-0.05, 0) is 25.1 Å². The molecule has 4 rings (SSSR count). The normalized spacial score (nSPS) is 13.0. The van der Waals surface area contributed by atoms with Crippen molar-refractivity contribution >= 4 is 32.0 Å². The zero-order valence-electron chi connectivity index (χ0n) is 17.3. The van der Waals surface area contributed by atoms with Crippen LogP contribution >= 0.6 is 11.3 Å². The highest BCUT2D eigenvalue weighted by Crippen LogP contribution is 2.49. The summed E-state index contributed by atoms with van der Waals surface area (Å²) < 4.78 is 39.5. The molecule has 1 aliphatic rings. The second kappa shape index (κ2) is 7.80. The van der Waals surface area contributed by atoms with Crippen molar-refractivity contribution in [1.29, 1.82) is 5.26 Å². The molecule has 0 bridgehead atoms. The van der Waals surface area contributed by atoms with Crippen molar-refractivity contribution in [2.45, 2.75) is 18.2 Å². The first-order valence-corrected chi connectivity index (χ1v) is 11.7. The Labute approximate surface area is 185 Å². The van der Waals surface area contributed by atoms with Crippen LogP contribution < -0.4 is 19.5 Å². The molecule has 31 heavy (non-hydrogen) atoms. The summed E-state index contributed by atoms with van der Waals surface area (Å²) in [5.41, 5.74) is 9.07. The van der Waals surface area contributed by atoms with Gasteiger partial charge in [0.25, 0.3) is 10.0 Å². The molecule has 9 heteroatoms. The number of methoxy groups -OCH3 is 2.